The first-order chi connectivity index (χ1) is 15.4. The number of aliphatic hydroxyl groups is 1. The molecule has 4 rings (SSSR count). The second kappa shape index (κ2) is 8.50. The molecule has 162 valence electrons. The van der Waals surface area contributed by atoms with Crippen LogP contribution in [0.15, 0.2) is 72.4 Å². The van der Waals surface area contributed by atoms with Gasteiger partial charge in [-0.2, -0.15) is 0 Å². The number of likely N-dealkylation sites (tertiary alicyclic amines) is 1. The van der Waals surface area contributed by atoms with Crippen molar-refractivity contribution < 1.29 is 28.9 Å². The number of aliphatic hydroxyl groups excluding tert-OH is 1. The summed E-state index contributed by atoms with van der Waals surface area (Å²) in [6.45, 7) is -0.0111. The molecule has 1 aliphatic rings. The van der Waals surface area contributed by atoms with Crippen LogP contribution in [-0.4, -0.2) is 38.9 Å². The van der Waals surface area contributed by atoms with Gasteiger partial charge in [-0.3, -0.25) is 14.6 Å². The predicted molar refractivity (Wildman–Crippen MR) is 113 cm³/mol. The molecular formula is C24H19FN2O5. The molecule has 1 amide bonds. The normalized spacial score (nSPS) is 17.6. The molecule has 1 unspecified atom stereocenters. The highest BCUT2D eigenvalue weighted by atomic mass is 19.1. The molecule has 0 spiro atoms. The summed E-state index contributed by atoms with van der Waals surface area (Å²) in [7, 11) is 1.34. The zero-order valence-corrected chi connectivity index (χ0v) is 17.0. The van der Waals surface area contributed by atoms with Crippen molar-refractivity contribution in [2.24, 2.45) is 0 Å². The number of carbonyl (C=O) groups is 2. The molecule has 7 nitrogen and oxygen atoms in total. The van der Waals surface area contributed by atoms with Crippen LogP contribution in [0.2, 0.25) is 0 Å². The molecule has 1 fully saturated rings. The van der Waals surface area contributed by atoms with Gasteiger partial charge in [0.25, 0.3) is 11.7 Å². The lowest BCUT2D eigenvalue weighted by Crippen LogP contribution is -2.29. The zero-order chi connectivity index (χ0) is 22.8. The number of phenolic OH excluding ortho intramolecular Hbond substituents is 1. The highest BCUT2D eigenvalue weighted by molar-refractivity contribution is 6.46. The Hall–Kier alpha value is -4.20. The number of ether oxygens (including phenoxy) is 1. The molecule has 2 N–H and O–H groups in total. The standard InChI is InChI=1S/C24H19FN2O5/c1-32-19-9-8-15(25)12-18(19)22(29)20-21(14-5-4-7-17(28)11-14)27(24(31)23(20)30)13-16-6-2-3-10-26-16/h2-12,21,28-29H,13H2,1H3/b22-20+. The summed E-state index contributed by atoms with van der Waals surface area (Å²) in [6.07, 6.45) is 1.56. The van der Waals surface area contributed by atoms with Crippen LogP contribution in [-0.2, 0) is 16.1 Å². The quantitative estimate of drug-likeness (QED) is 0.362. The largest absolute Gasteiger partial charge is 0.508 e. The molecule has 3 aromatic rings. The van der Waals surface area contributed by atoms with E-state index in [-0.39, 0.29) is 29.2 Å². The van der Waals surface area contributed by atoms with E-state index in [1.165, 1.54) is 30.2 Å². The molecule has 32 heavy (non-hydrogen) atoms. The average molecular weight is 434 g/mol. The third kappa shape index (κ3) is 3.78. The highest BCUT2D eigenvalue weighted by Crippen LogP contribution is 2.42. The minimum absolute atomic E-state index is 0.0111. The summed E-state index contributed by atoms with van der Waals surface area (Å²) < 4.78 is 19.2. The SMILES string of the molecule is COc1ccc(F)cc1/C(O)=C1\C(=O)C(=O)N(Cc2ccccn2)C1c1cccc(O)c1. The van der Waals surface area contributed by atoms with Gasteiger partial charge in [-0.1, -0.05) is 18.2 Å². The number of ketones is 1. The van der Waals surface area contributed by atoms with E-state index in [0.717, 1.165) is 12.1 Å². The van der Waals surface area contributed by atoms with Crippen molar-refractivity contribution in [3.8, 4) is 11.5 Å². The van der Waals surface area contributed by atoms with Crippen molar-refractivity contribution in [1.29, 1.82) is 0 Å². The Balaban J connectivity index is 1.92. The van der Waals surface area contributed by atoms with E-state index < -0.39 is 29.3 Å². The van der Waals surface area contributed by atoms with Gasteiger partial charge in [0.1, 0.15) is 23.1 Å². The number of hydrogen-bond donors (Lipinski definition) is 2. The summed E-state index contributed by atoms with van der Waals surface area (Å²) in [6, 6.07) is 13.7. The summed E-state index contributed by atoms with van der Waals surface area (Å²) in [5, 5.41) is 21.1. The lowest BCUT2D eigenvalue weighted by Gasteiger charge is -2.25. The Bertz CT molecular complexity index is 1230. The van der Waals surface area contributed by atoms with Crippen molar-refractivity contribution in [2.75, 3.05) is 7.11 Å². The molecule has 2 aromatic carbocycles. The van der Waals surface area contributed by atoms with Crippen molar-refractivity contribution in [1.82, 2.24) is 9.88 Å². The number of nitrogens with zero attached hydrogens (tertiary/aromatic N) is 2. The smallest absolute Gasteiger partial charge is 0.296 e. The second-order valence-electron chi connectivity index (χ2n) is 7.19. The number of pyridine rings is 1. The van der Waals surface area contributed by atoms with Crippen molar-refractivity contribution in [2.45, 2.75) is 12.6 Å². The third-order valence-corrected chi connectivity index (χ3v) is 5.20. The fraction of sp³-hybridized carbons (Fsp3) is 0.125. The van der Waals surface area contributed by atoms with Crippen molar-refractivity contribution in [3.05, 3.63) is 95.1 Å². The number of Topliss-reactive ketones (excluding diaryl/α,β-unsaturated/α-hetero) is 1. The number of carbonyl (C=O) groups excluding carboxylic acids is 2. The molecule has 1 atom stereocenters. The molecule has 2 heterocycles. The molecule has 1 aliphatic heterocycles. The summed E-state index contributed by atoms with van der Waals surface area (Å²) in [5.74, 6) is -2.94. The number of hydrogen-bond acceptors (Lipinski definition) is 6. The molecule has 0 aliphatic carbocycles. The molecule has 0 saturated carbocycles. The van der Waals surface area contributed by atoms with Crippen LogP contribution >= 0.6 is 0 Å². The van der Waals surface area contributed by atoms with Crippen LogP contribution in [0.3, 0.4) is 0 Å². The number of methoxy groups -OCH3 is 1. The third-order valence-electron chi connectivity index (χ3n) is 5.20. The van der Waals surface area contributed by atoms with E-state index in [1.807, 2.05) is 0 Å². The van der Waals surface area contributed by atoms with Gasteiger partial charge in [-0.05, 0) is 48.0 Å². The molecule has 0 bridgehead atoms. The first-order valence-electron chi connectivity index (χ1n) is 9.72. The maximum Gasteiger partial charge on any atom is 0.296 e. The van der Waals surface area contributed by atoms with Crippen molar-refractivity contribution >= 4 is 17.4 Å². The van der Waals surface area contributed by atoms with Crippen LogP contribution in [0.5, 0.6) is 11.5 Å². The van der Waals surface area contributed by atoms with Crippen LogP contribution in [0.25, 0.3) is 5.76 Å². The minimum Gasteiger partial charge on any atom is -0.508 e. The fourth-order valence-corrected chi connectivity index (χ4v) is 3.76. The monoisotopic (exact) mass is 434 g/mol. The number of aromatic nitrogens is 1. The zero-order valence-electron chi connectivity index (χ0n) is 17.0. The predicted octanol–water partition coefficient (Wildman–Crippen LogP) is 3.56. The van der Waals surface area contributed by atoms with E-state index in [1.54, 1.807) is 36.5 Å². The number of amides is 1. The van der Waals surface area contributed by atoms with Gasteiger partial charge in [-0.15, -0.1) is 0 Å². The van der Waals surface area contributed by atoms with E-state index in [2.05, 4.69) is 4.98 Å². The summed E-state index contributed by atoms with van der Waals surface area (Å²) in [4.78, 5) is 31.5. The van der Waals surface area contributed by atoms with Crippen LogP contribution < -0.4 is 4.74 Å². The molecule has 0 radical (unpaired) electrons. The summed E-state index contributed by atoms with van der Waals surface area (Å²) >= 11 is 0. The Morgan fingerprint density at radius 2 is 1.94 bits per heavy atom. The Morgan fingerprint density at radius 3 is 2.62 bits per heavy atom. The van der Waals surface area contributed by atoms with Gasteiger partial charge in [0.05, 0.1) is 36.5 Å². The fourth-order valence-electron chi connectivity index (χ4n) is 3.76. The lowest BCUT2D eigenvalue weighted by molar-refractivity contribution is -0.140. The van der Waals surface area contributed by atoms with E-state index >= 15 is 0 Å². The van der Waals surface area contributed by atoms with Gasteiger partial charge in [0.2, 0.25) is 0 Å². The Morgan fingerprint density at radius 1 is 1.12 bits per heavy atom. The van der Waals surface area contributed by atoms with E-state index in [0.29, 0.717) is 11.3 Å². The summed E-state index contributed by atoms with van der Waals surface area (Å²) in [5.41, 5.74) is 0.633. The molecule has 1 aromatic heterocycles. The number of phenols is 1. The maximum atomic E-state index is 13.9. The highest BCUT2D eigenvalue weighted by Gasteiger charge is 2.46. The minimum atomic E-state index is -1.03. The molecule has 1 saturated heterocycles. The first-order valence-corrected chi connectivity index (χ1v) is 9.72. The number of benzene rings is 2. The number of aromatic hydroxyl groups is 1. The van der Waals surface area contributed by atoms with Gasteiger partial charge in [0, 0.05) is 6.20 Å². The van der Waals surface area contributed by atoms with Gasteiger partial charge < -0.3 is 19.8 Å². The van der Waals surface area contributed by atoms with Gasteiger partial charge in [-0.25, -0.2) is 4.39 Å². The first kappa shape index (κ1) is 21.0. The van der Waals surface area contributed by atoms with Crippen LogP contribution in [0, 0.1) is 5.82 Å². The van der Waals surface area contributed by atoms with E-state index in [4.69, 9.17) is 4.74 Å². The lowest BCUT2D eigenvalue weighted by atomic mass is 9.94. The van der Waals surface area contributed by atoms with E-state index in [9.17, 15) is 24.2 Å². The Kier molecular flexibility index (Phi) is 5.59. The molecular weight excluding hydrogens is 415 g/mol. The number of halogens is 1. The van der Waals surface area contributed by atoms with Gasteiger partial charge in [0.15, 0.2) is 0 Å². The van der Waals surface area contributed by atoms with Crippen LogP contribution in [0.1, 0.15) is 22.9 Å². The topological polar surface area (TPSA) is 100.0 Å². The molecule has 8 heteroatoms. The van der Waals surface area contributed by atoms with Crippen LogP contribution in [0.4, 0.5) is 4.39 Å². The average Bonchev–Trinajstić information content (AvgIpc) is 3.04. The van der Waals surface area contributed by atoms with Crippen molar-refractivity contribution in [3.63, 3.8) is 0 Å². The Labute approximate surface area is 183 Å². The number of rotatable bonds is 5. The van der Waals surface area contributed by atoms with Gasteiger partial charge >= 0.3 is 0 Å². The second-order valence-corrected chi connectivity index (χ2v) is 7.19. The maximum absolute atomic E-state index is 13.9.